The highest BCUT2D eigenvalue weighted by Crippen LogP contribution is 2.48. The van der Waals surface area contributed by atoms with E-state index in [2.05, 4.69) is 20.2 Å². The highest BCUT2D eigenvalue weighted by molar-refractivity contribution is 7.23. The number of nitriles is 1. The summed E-state index contributed by atoms with van der Waals surface area (Å²) < 4.78 is 120. The fraction of sp³-hybridized carbons (Fsp3) is 0.538. The van der Waals surface area contributed by atoms with Gasteiger partial charge in [0.25, 0.3) is 5.92 Å². The molecule has 316 valence electrons. The van der Waals surface area contributed by atoms with E-state index in [0.29, 0.717) is 37.0 Å². The van der Waals surface area contributed by atoms with Crippen molar-refractivity contribution >= 4 is 49.2 Å². The molecule has 10 nitrogen and oxygen atoms in total. The minimum Gasteiger partial charge on any atom is -0.467 e. The number of nitrogens with two attached hydrogens (primary N) is 1. The predicted octanol–water partition coefficient (Wildman–Crippen LogP) is 9.94. The summed E-state index contributed by atoms with van der Waals surface area (Å²) in [5, 5.41) is 11.8. The number of halogens is 8. The predicted molar refractivity (Wildman–Crippen MR) is 206 cm³/mol. The molecule has 19 heteroatoms. The fourth-order valence-electron chi connectivity index (χ4n) is 7.43. The van der Waals surface area contributed by atoms with Crippen LogP contribution in [0, 0.1) is 23.0 Å². The number of likely N-dealkylation sites (tertiary alicyclic amines) is 1. The van der Waals surface area contributed by atoms with Crippen LogP contribution in [0.4, 0.5) is 50.7 Å². The van der Waals surface area contributed by atoms with Gasteiger partial charge in [0.2, 0.25) is 0 Å². The second-order valence-electron chi connectivity index (χ2n) is 13.9. The van der Waals surface area contributed by atoms with Crippen molar-refractivity contribution in [1.29, 1.82) is 5.26 Å². The number of methoxy groups -OCH3 is 1. The highest BCUT2D eigenvalue weighted by Gasteiger charge is 2.48. The van der Waals surface area contributed by atoms with Crippen LogP contribution in [0.1, 0.15) is 76.8 Å². The molecular formula is C39H45F8N7O3S. The maximum atomic E-state index is 15.9. The number of fused-ring (bicyclic) bond motifs is 3. The number of alkyl halides is 6. The number of thiophene rings is 1. The van der Waals surface area contributed by atoms with Crippen LogP contribution in [0.3, 0.4) is 0 Å². The Labute approximate surface area is 334 Å². The average Bonchev–Trinajstić information content (AvgIpc) is 3.98. The van der Waals surface area contributed by atoms with Crippen LogP contribution in [0.2, 0.25) is 0 Å². The number of hydrogen-bond acceptors (Lipinski definition) is 10. The lowest BCUT2D eigenvalue weighted by Gasteiger charge is -2.34. The summed E-state index contributed by atoms with van der Waals surface area (Å²) in [7, 11) is 1.23. The molecule has 1 amide bonds. The molecule has 3 aliphatic heterocycles. The van der Waals surface area contributed by atoms with E-state index in [-0.39, 0.29) is 62.8 Å². The SMILES string of the molecule is CC.CCNc1nc(OC)nc2c(F)c(-c3ccc(F)c4sc(N)c(C#N)c34)c(C(F)(F)F)cc12.FC1CC2CCCN2C1.O=C(OC1CC(F)(F)C1)N1CCCC1. The van der Waals surface area contributed by atoms with E-state index in [0.717, 1.165) is 44.0 Å². The number of nitrogens with one attached hydrogen (secondary N) is 1. The van der Waals surface area contributed by atoms with Gasteiger partial charge in [-0.25, -0.2) is 26.7 Å². The Kier molecular flexibility index (Phi) is 14.1. The van der Waals surface area contributed by atoms with Gasteiger partial charge in [0, 0.05) is 61.4 Å². The van der Waals surface area contributed by atoms with Gasteiger partial charge in [0.15, 0.2) is 5.82 Å². The Balaban J connectivity index is 0.000000207. The van der Waals surface area contributed by atoms with E-state index in [1.165, 1.54) is 20.0 Å². The molecule has 4 aromatic rings. The third-order valence-electron chi connectivity index (χ3n) is 10.1. The van der Waals surface area contributed by atoms with Crippen LogP contribution in [0.25, 0.3) is 32.1 Å². The van der Waals surface area contributed by atoms with Crippen LogP contribution in [0.5, 0.6) is 6.01 Å². The van der Waals surface area contributed by atoms with Crippen molar-refractivity contribution in [2.45, 2.75) is 96.1 Å². The topological polar surface area (TPSA) is 130 Å². The normalized spacial score (nSPS) is 19.8. The molecular weight excluding hydrogens is 799 g/mol. The molecule has 1 saturated carbocycles. The van der Waals surface area contributed by atoms with E-state index in [4.69, 9.17) is 15.2 Å². The second-order valence-corrected chi connectivity index (χ2v) is 15.0. The highest BCUT2D eigenvalue weighted by atomic mass is 32.1. The van der Waals surface area contributed by atoms with Crippen molar-refractivity contribution in [1.82, 2.24) is 19.8 Å². The van der Waals surface area contributed by atoms with E-state index in [1.807, 2.05) is 13.8 Å². The molecule has 2 aromatic heterocycles. The van der Waals surface area contributed by atoms with Crippen molar-refractivity contribution in [2.75, 3.05) is 50.9 Å². The molecule has 1 aliphatic carbocycles. The van der Waals surface area contributed by atoms with Gasteiger partial charge < -0.3 is 25.4 Å². The van der Waals surface area contributed by atoms with Crippen LogP contribution < -0.4 is 15.8 Å². The molecule has 0 bridgehead atoms. The van der Waals surface area contributed by atoms with Crippen LogP contribution in [-0.2, 0) is 10.9 Å². The lowest BCUT2D eigenvalue weighted by Crippen LogP contribution is -2.44. The van der Waals surface area contributed by atoms with Gasteiger partial charge in [0.05, 0.1) is 22.9 Å². The van der Waals surface area contributed by atoms with Crippen LogP contribution in [-0.4, -0.2) is 89.9 Å². The number of nitrogens with zero attached hydrogens (tertiary/aromatic N) is 5. The zero-order valence-corrected chi connectivity index (χ0v) is 33.2. The minimum absolute atomic E-state index is 0.0444. The van der Waals surface area contributed by atoms with Gasteiger partial charge in [-0.2, -0.15) is 28.4 Å². The van der Waals surface area contributed by atoms with E-state index < -0.39 is 58.7 Å². The summed E-state index contributed by atoms with van der Waals surface area (Å²) >= 11 is 0.698. The molecule has 3 saturated heterocycles. The number of aromatic nitrogens is 2. The molecule has 2 atom stereocenters. The quantitative estimate of drug-likeness (QED) is 0.189. The third-order valence-corrected chi connectivity index (χ3v) is 11.1. The average molecular weight is 844 g/mol. The monoisotopic (exact) mass is 843 g/mol. The van der Waals surface area contributed by atoms with Crippen molar-refractivity contribution in [3.8, 4) is 23.2 Å². The van der Waals surface area contributed by atoms with Gasteiger partial charge in [0.1, 0.15) is 40.5 Å². The van der Waals surface area contributed by atoms with Crippen molar-refractivity contribution in [2.24, 2.45) is 0 Å². The maximum Gasteiger partial charge on any atom is 0.417 e. The molecule has 8 rings (SSSR count). The Morgan fingerprint density at radius 3 is 2.40 bits per heavy atom. The zero-order valence-electron chi connectivity index (χ0n) is 32.4. The molecule has 0 radical (unpaired) electrons. The lowest BCUT2D eigenvalue weighted by molar-refractivity contribution is -0.147. The number of ether oxygens (including phenoxy) is 2. The molecule has 2 aromatic carbocycles. The Morgan fingerprint density at radius 1 is 1.12 bits per heavy atom. The van der Waals surface area contributed by atoms with E-state index in [9.17, 15) is 40.8 Å². The number of nitrogen functional groups attached to an aromatic ring is 1. The number of benzene rings is 2. The van der Waals surface area contributed by atoms with Gasteiger partial charge in [-0.15, -0.1) is 11.3 Å². The van der Waals surface area contributed by atoms with Gasteiger partial charge in [-0.3, -0.25) is 4.90 Å². The first-order chi connectivity index (χ1) is 27.5. The molecule has 58 heavy (non-hydrogen) atoms. The zero-order chi connectivity index (χ0) is 42.5. The van der Waals surface area contributed by atoms with E-state index in [1.54, 1.807) is 17.9 Å². The molecule has 2 unspecified atom stereocenters. The summed E-state index contributed by atoms with van der Waals surface area (Å²) in [6.45, 7) is 9.23. The number of hydrogen-bond donors (Lipinski definition) is 2. The first-order valence-corrected chi connectivity index (χ1v) is 19.9. The summed E-state index contributed by atoms with van der Waals surface area (Å²) in [6, 6.07) is 4.75. The molecule has 5 heterocycles. The fourth-order valence-corrected chi connectivity index (χ4v) is 8.38. The first-order valence-electron chi connectivity index (χ1n) is 19.1. The number of rotatable bonds is 5. The number of amides is 1. The lowest BCUT2D eigenvalue weighted by atomic mass is 9.91. The second kappa shape index (κ2) is 18.5. The van der Waals surface area contributed by atoms with Crippen LogP contribution in [0.15, 0.2) is 18.2 Å². The smallest absolute Gasteiger partial charge is 0.417 e. The summed E-state index contributed by atoms with van der Waals surface area (Å²) in [4.78, 5) is 23.1. The molecule has 0 spiro atoms. The van der Waals surface area contributed by atoms with Gasteiger partial charge in [-0.05, 0) is 63.3 Å². The summed E-state index contributed by atoms with van der Waals surface area (Å²) in [6.07, 6.45) is -1.84. The van der Waals surface area contributed by atoms with Gasteiger partial charge in [-0.1, -0.05) is 19.9 Å². The van der Waals surface area contributed by atoms with E-state index >= 15 is 4.39 Å². The number of carbonyl (C=O) groups excluding carboxylic acids is 1. The van der Waals surface area contributed by atoms with Crippen molar-refractivity contribution in [3.05, 3.63) is 41.0 Å². The van der Waals surface area contributed by atoms with Crippen molar-refractivity contribution < 1.29 is 49.4 Å². The third kappa shape index (κ3) is 9.60. The van der Waals surface area contributed by atoms with Crippen molar-refractivity contribution in [3.63, 3.8) is 0 Å². The standard InChI is InChI=1S/C21H14F5N5OS.C9H13F2NO2.C7H12FN.C2H6/c1-3-29-19-9-6-11(21(24,25)26)14(15(23)16(9)30-20(31-19)32-2)8-4-5-12(22)17-13(8)10(7-27)18(28)33-17;10-9(11)5-7(6-9)14-8(13)12-3-1-2-4-12;8-6-4-7-2-1-3-9(7)5-6;1-2/h4-6H,3,28H2,1-2H3,(H,29,30,31);7H,1-6H2;6-7H,1-5H2;1-2H3. The summed E-state index contributed by atoms with van der Waals surface area (Å²) in [5.41, 5.74) is 2.59. The molecule has 3 N–H and O–H groups in total. The molecule has 4 aliphatic rings. The maximum absolute atomic E-state index is 15.9. The Bertz CT molecular complexity index is 2120. The summed E-state index contributed by atoms with van der Waals surface area (Å²) in [5.74, 6) is -4.77. The Morgan fingerprint density at radius 2 is 1.81 bits per heavy atom. The first kappa shape index (κ1) is 44.4. The van der Waals surface area contributed by atoms with Gasteiger partial charge >= 0.3 is 18.3 Å². The number of anilines is 2. The largest absolute Gasteiger partial charge is 0.467 e. The number of carbonyl (C=O) groups is 1. The van der Waals surface area contributed by atoms with Crippen LogP contribution >= 0.6 is 11.3 Å². The molecule has 4 fully saturated rings. The Hall–Kier alpha value is -4.70. The minimum atomic E-state index is -5.00.